The van der Waals surface area contributed by atoms with Crippen LogP contribution in [-0.2, 0) is 4.79 Å². The van der Waals surface area contributed by atoms with E-state index in [1.165, 1.54) is 12.8 Å². The fraction of sp³-hybridized carbons (Fsp3) is 0.562. The number of amides is 1. The molecule has 0 aromatic heterocycles. The van der Waals surface area contributed by atoms with Gasteiger partial charge in [-0.05, 0) is 50.5 Å². The van der Waals surface area contributed by atoms with Gasteiger partial charge in [-0.15, -0.1) is 24.2 Å². The second-order valence-corrected chi connectivity index (χ2v) is 8.25. The summed E-state index contributed by atoms with van der Waals surface area (Å²) in [6, 6.07) is 9.30. The van der Waals surface area contributed by atoms with Gasteiger partial charge in [-0.25, -0.2) is 0 Å². The number of nitrogens with one attached hydrogen (secondary N) is 1. The average molecular weight is 406 g/mol. The van der Waals surface area contributed by atoms with Crippen LogP contribution in [0.4, 0.5) is 0 Å². The third-order valence-electron chi connectivity index (χ3n) is 4.31. The smallest absolute Gasteiger partial charge is 0.235 e. The first kappa shape index (κ1) is 18.1. The maximum Gasteiger partial charge on any atom is 0.235 e. The second kappa shape index (κ2) is 8.04. The van der Waals surface area contributed by atoms with Crippen molar-refractivity contribution < 1.29 is 4.79 Å². The molecule has 2 aliphatic heterocycles. The zero-order valence-corrected chi connectivity index (χ0v) is 15.8. The molecule has 1 N–H and O–H groups in total. The van der Waals surface area contributed by atoms with Crippen LogP contribution in [-0.4, -0.2) is 41.2 Å². The molecule has 2 heterocycles. The normalized spacial score (nSPS) is 25.3. The predicted octanol–water partition coefficient (Wildman–Crippen LogP) is 3.70. The number of carbonyl (C=O) groups is 1. The Hall–Kier alpha value is -0.230. The van der Waals surface area contributed by atoms with Crippen LogP contribution in [0.3, 0.4) is 0 Å². The Morgan fingerprint density at radius 3 is 2.68 bits per heavy atom. The number of hydrogen-bond donors (Lipinski definition) is 1. The molecule has 3 unspecified atom stereocenters. The highest BCUT2D eigenvalue weighted by Gasteiger charge is 2.32. The SMILES string of the molecule is CC(Sc1ccc(Br)cc1)C(=O)N1CCC2CCC(C1)N2.Cl. The number of halogens is 2. The van der Waals surface area contributed by atoms with E-state index >= 15 is 0 Å². The molecule has 2 aliphatic rings. The summed E-state index contributed by atoms with van der Waals surface area (Å²) in [5.74, 6) is 0.275. The highest BCUT2D eigenvalue weighted by atomic mass is 79.9. The molecule has 122 valence electrons. The summed E-state index contributed by atoms with van der Waals surface area (Å²) in [6.07, 6.45) is 3.58. The molecule has 3 atom stereocenters. The second-order valence-electron chi connectivity index (χ2n) is 5.92. The minimum atomic E-state index is -0.0252. The van der Waals surface area contributed by atoms with Crippen LogP contribution in [0.25, 0.3) is 0 Å². The predicted molar refractivity (Wildman–Crippen MR) is 97.9 cm³/mol. The standard InChI is InChI=1S/C16H21BrN2OS.ClH/c1-11(21-15-6-2-12(17)3-7-15)16(20)19-9-8-13-4-5-14(10-19)18-13;/h2-3,6-7,11,13-14,18H,4-5,8-10H2,1H3;1H. The van der Waals surface area contributed by atoms with E-state index in [9.17, 15) is 4.79 Å². The van der Waals surface area contributed by atoms with Crippen molar-refractivity contribution in [3.8, 4) is 0 Å². The number of carbonyl (C=O) groups excluding carboxylic acids is 1. The van der Waals surface area contributed by atoms with Gasteiger partial charge in [-0.3, -0.25) is 4.79 Å². The number of thioether (sulfide) groups is 1. The maximum atomic E-state index is 12.7. The molecule has 0 aliphatic carbocycles. The summed E-state index contributed by atoms with van der Waals surface area (Å²) in [5.41, 5.74) is 0. The number of benzene rings is 1. The van der Waals surface area contributed by atoms with Crippen molar-refractivity contribution in [3.63, 3.8) is 0 Å². The van der Waals surface area contributed by atoms with Crippen LogP contribution in [0.15, 0.2) is 33.6 Å². The van der Waals surface area contributed by atoms with Crippen molar-refractivity contribution in [3.05, 3.63) is 28.7 Å². The number of hydrogen-bond acceptors (Lipinski definition) is 3. The fourth-order valence-corrected chi connectivity index (χ4v) is 4.38. The van der Waals surface area contributed by atoms with Crippen LogP contribution in [0.5, 0.6) is 0 Å². The van der Waals surface area contributed by atoms with Gasteiger partial charge in [0.1, 0.15) is 0 Å². The van der Waals surface area contributed by atoms with Crippen LogP contribution in [0, 0.1) is 0 Å². The number of nitrogens with zero attached hydrogens (tertiary/aromatic N) is 1. The first-order valence-corrected chi connectivity index (χ1v) is 9.26. The zero-order valence-electron chi connectivity index (χ0n) is 12.6. The molecule has 2 saturated heterocycles. The van der Waals surface area contributed by atoms with Crippen molar-refractivity contribution in [1.29, 1.82) is 0 Å². The van der Waals surface area contributed by atoms with Crippen molar-refractivity contribution >= 4 is 46.0 Å². The minimum Gasteiger partial charge on any atom is -0.340 e. The van der Waals surface area contributed by atoms with Crippen molar-refractivity contribution in [1.82, 2.24) is 10.2 Å². The third-order valence-corrected chi connectivity index (χ3v) is 5.94. The van der Waals surface area contributed by atoms with E-state index in [1.54, 1.807) is 11.8 Å². The molecule has 2 bridgehead atoms. The highest BCUT2D eigenvalue weighted by molar-refractivity contribution is 9.10. The molecule has 2 fully saturated rings. The lowest BCUT2D eigenvalue weighted by atomic mass is 10.1. The Balaban J connectivity index is 0.00000176. The van der Waals surface area contributed by atoms with Crippen LogP contribution in [0.1, 0.15) is 26.2 Å². The van der Waals surface area contributed by atoms with E-state index in [4.69, 9.17) is 0 Å². The Morgan fingerprint density at radius 1 is 1.27 bits per heavy atom. The number of rotatable bonds is 3. The first-order chi connectivity index (χ1) is 10.1. The molecule has 6 heteroatoms. The maximum absolute atomic E-state index is 12.7. The minimum absolute atomic E-state index is 0. The molecule has 3 rings (SSSR count). The van der Waals surface area contributed by atoms with E-state index in [0.717, 1.165) is 28.9 Å². The van der Waals surface area contributed by atoms with Gasteiger partial charge in [0.25, 0.3) is 0 Å². The molecule has 0 spiro atoms. The van der Waals surface area contributed by atoms with E-state index in [0.29, 0.717) is 12.1 Å². The van der Waals surface area contributed by atoms with Gasteiger partial charge in [0.2, 0.25) is 5.91 Å². The van der Waals surface area contributed by atoms with Crippen molar-refractivity contribution in [2.24, 2.45) is 0 Å². The Morgan fingerprint density at radius 2 is 1.95 bits per heavy atom. The first-order valence-electron chi connectivity index (χ1n) is 7.59. The molecule has 3 nitrogen and oxygen atoms in total. The Kier molecular flexibility index (Phi) is 6.62. The molecule has 0 saturated carbocycles. The molecule has 1 aromatic carbocycles. The van der Waals surface area contributed by atoms with E-state index in [1.807, 2.05) is 19.1 Å². The van der Waals surface area contributed by atoms with Gasteiger partial charge in [-0.1, -0.05) is 15.9 Å². The Labute approximate surface area is 151 Å². The van der Waals surface area contributed by atoms with Crippen molar-refractivity contribution in [2.75, 3.05) is 13.1 Å². The summed E-state index contributed by atoms with van der Waals surface area (Å²) in [4.78, 5) is 15.9. The molecule has 1 amide bonds. The molecular formula is C16H22BrClN2OS. The zero-order chi connectivity index (χ0) is 14.8. The van der Waals surface area contributed by atoms with Crippen LogP contribution >= 0.6 is 40.1 Å². The average Bonchev–Trinajstić information content (AvgIpc) is 2.80. The fourth-order valence-electron chi connectivity index (χ4n) is 3.17. The monoisotopic (exact) mass is 404 g/mol. The number of likely N-dealkylation sites (tertiary alicyclic amines) is 1. The molecule has 1 aromatic rings. The molecular weight excluding hydrogens is 384 g/mol. The highest BCUT2D eigenvalue weighted by Crippen LogP contribution is 2.27. The lowest BCUT2D eigenvalue weighted by Crippen LogP contribution is -2.42. The van der Waals surface area contributed by atoms with Gasteiger partial charge >= 0.3 is 0 Å². The quantitative estimate of drug-likeness (QED) is 0.778. The summed E-state index contributed by atoms with van der Waals surface area (Å²) < 4.78 is 1.07. The third kappa shape index (κ3) is 4.40. The lowest BCUT2D eigenvalue weighted by molar-refractivity contribution is -0.130. The number of fused-ring (bicyclic) bond motifs is 2. The van der Waals surface area contributed by atoms with Gasteiger partial charge < -0.3 is 10.2 Å². The van der Waals surface area contributed by atoms with Gasteiger partial charge in [0.05, 0.1) is 5.25 Å². The summed E-state index contributed by atoms with van der Waals surface area (Å²) in [7, 11) is 0. The van der Waals surface area contributed by atoms with E-state index < -0.39 is 0 Å². The molecule has 22 heavy (non-hydrogen) atoms. The Bertz CT molecular complexity index is 513. The van der Waals surface area contributed by atoms with Gasteiger partial charge in [0, 0.05) is 34.5 Å². The van der Waals surface area contributed by atoms with E-state index in [-0.39, 0.29) is 23.6 Å². The topological polar surface area (TPSA) is 32.3 Å². The largest absolute Gasteiger partial charge is 0.340 e. The summed E-state index contributed by atoms with van der Waals surface area (Å²) in [6.45, 7) is 3.80. The van der Waals surface area contributed by atoms with Gasteiger partial charge in [-0.2, -0.15) is 0 Å². The van der Waals surface area contributed by atoms with E-state index in [2.05, 4.69) is 38.3 Å². The van der Waals surface area contributed by atoms with Crippen LogP contribution in [0.2, 0.25) is 0 Å². The van der Waals surface area contributed by atoms with Gasteiger partial charge in [0.15, 0.2) is 0 Å². The summed E-state index contributed by atoms with van der Waals surface area (Å²) >= 11 is 5.09. The van der Waals surface area contributed by atoms with Crippen LogP contribution < -0.4 is 5.32 Å². The lowest BCUT2D eigenvalue weighted by Gasteiger charge is -2.27. The van der Waals surface area contributed by atoms with Crippen molar-refractivity contribution in [2.45, 2.75) is 48.4 Å². The summed E-state index contributed by atoms with van der Waals surface area (Å²) in [5, 5.41) is 3.60. The molecule has 0 radical (unpaired) electrons.